The Morgan fingerprint density at radius 3 is 2.80 bits per heavy atom. The predicted molar refractivity (Wildman–Crippen MR) is 93.9 cm³/mol. The van der Waals surface area contributed by atoms with Crippen LogP contribution in [0, 0.1) is 0 Å². The Kier molecular flexibility index (Phi) is 3.78. The topological polar surface area (TPSA) is 68.5 Å². The smallest absolute Gasteiger partial charge is 0.411 e. The van der Waals surface area contributed by atoms with E-state index in [0.29, 0.717) is 0 Å². The first-order chi connectivity index (χ1) is 11.9. The molecule has 0 radical (unpaired) electrons. The van der Waals surface area contributed by atoms with Crippen LogP contribution in [-0.4, -0.2) is 39.0 Å². The number of aromatic nitrogens is 2. The average molecular weight is 341 g/mol. The number of amides is 1. The van der Waals surface area contributed by atoms with Crippen LogP contribution < -0.4 is 0 Å². The van der Waals surface area contributed by atoms with E-state index in [4.69, 9.17) is 9.37 Å². The number of fused-ring (bicyclic) bond motifs is 3. The summed E-state index contributed by atoms with van der Waals surface area (Å²) >= 11 is 0. The van der Waals surface area contributed by atoms with Gasteiger partial charge in [-0.2, -0.15) is 0 Å². The predicted octanol–water partition coefficient (Wildman–Crippen LogP) is 4.17. The molecule has 1 saturated heterocycles. The van der Waals surface area contributed by atoms with E-state index >= 15 is 0 Å². The number of benzene rings is 1. The second-order valence-electron chi connectivity index (χ2n) is 7.90. The summed E-state index contributed by atoms with van der Waals surface area (Å²) in [6.45, 7) is 5.73. The van der Waals surface area contributed by atoms with Crippen LogP contribution in [-0.2, 0) is 4.74 Å². The number of ether oxygens (including phenoxy) is 1. The Morgan fingerprint density at radius 1 is 1.24 bits per heavy atom. The summed E-state index contributed by atoms with van der Waals surface area (Å²) < 4.78 is 10.4. The molecule has 1 aromatic carbocycles. The molecule has 25 heavy (non-hydrogen) atoms. The number of piperidine rings is 1. The summed E-state index contributed by atoms with van der Waals surface area (Å²) in [6.07, 6.45) is 5.99. The van der Waals surface area contributed by atoms with Crippen LogP contribution in [0.25, 0.3) is 16.6 Å². The molecule has 6 heteroatoms. The maximum Gasteiger partial charge on any atom is 0.411 e. The first-order valence-electron chi connectivity index (χ1n) is 8.85. The van der Waals surface area contributed by atoms with Crippen LogP contribution in [0.4, 0.5) is 4.79 Å². The minimum atomic E-state index is -0.472. The zero-order chi connectivity index (χ0) is 17.6. The van der Waals surface area contributed by atoms with Gasteiger partial charge in [0.1, 0.15) is 16.6 Å². The molecule has 0 N–H and O–H groups in total. The highest BCUT2D eigenvalue weighted by Crippen LogP contribution is 2.38. The molecule has 2 aliphatic rings. The van der Waals surface area contributed by atoms with Gasteiger partial charge in [-0.3, -0.25) is 4.90 Å². The van der Waals surface area contributed by atoms with Crippen molar-refractivity contribution in [3.63, 3.8) is 0 Å². The van der Waals surface area contributed by atoms with E-state index < -0.39 is 5.60 Å². The van der Waals surface area contributed by atoms with E-state index in [1.165, 1.54) is 5.57 Å². The summed E-state index contributed by atoms with van der Waals surface area (Å²) in [5.74, 6) is 0. The largest absolute Gasteiger partial charge is 0.444 e. The van der Waals surface area contributed by atoms with Crippen LogP contribution in [0.5, 0.6) is 0 Å². The van der Waals surface area contributed by atoms with Gasteiger partial charge in [0.15, 0.2) is 0 Å². The highest BCUT2D eigenvalue weighted by Gasteiger charge is 2.39. The van der Waals surface area contributed by atoms with Gasteiger partial charge in [-0.25, -0.2) is 9.42 Å². The van der Waals surface area contributed by atoms with Crippen molar-refractivity contribution in [2.45, 2.75) is 64.1 Å². The normalized spacial score (nSPS) is 23.5. The van der Waals surface area contributed by atoms with Gasteiger partial charge in [0.25, 0.3) is 0 Å². The van der Waals surface area contributed by atoms with Gasteiger partial charge in [0, 0.05) is 6.04 Å². The lowest BCUT2D eigenvalue weighted by molar-refractivity contribution is 0.0000858. The van der Waals surface area contributed by atoms with Crippen molar-refractivity contribution in [1.29, 1.82) is 0 Å². The van der Waals surface area contributed by atoms with E-state index in [9.17, 15) is 4.79 Å². The third-order valence-electron chi connectivity index (χ3n) is 4.87. The van der Waals surface area contributed by atoms with Crippen molar-refractivity contribution in [2.24, 2.45) is 0 Å². The quantitative estimate of drug-likeness (QED) is 0.779. The maximum absolute atomic E-state index is 12.7. The van der Waals surface area contributed by atoms with E-state index in [1.807, 2.05) is 37.8 Å². The summed E-state index contributed by atoms with van der Waals surface area (Å²) in [7, 11) is 0. The molecule has 3 heterocycles. The lowest BCUT2D eigenvalue weighted by Gasteiger charge is -2.45. The molecular weight excluding hydrogens is 318 g/mol. The summed E-state index contributed by atoms with van der Waals surface area (Å²) in [4.78, 5) is 14.6. The molecule has 1 amide bonds. The lowest BCUT2D eigenvalue weighted by atomic mass is 9.83. The highest BCUT2D eigenvalue weighted by atomic mass is 16.6. The van der Waals surface area contributed by atoms with E-state index in [1.54, 1.807) is 0 Å². The van der Waals surface area contributed by atoms with Gasteiger partial charge in [0.05, 0.1) is 6.04 Å². The fourth-order valence-electron chi connectivity index (χ4n) is 3.82. The van der Waals surface area contributed by atoms with Crippen molar-refractivity contribution in [3.05, 3.63) is 29.8 Å². The number of hydrogen-bond acceptors (Lipinski definition) is 5. The molecule has 2 aliphatic heterocycles. The fraction of sp³-hybridized carbons (Fsp3) is 0.526. The fourth-order valence-corrected chi connectivity index (χ4v) is 3.82. The number of nitrogens with zero attached hydrogens (tertiary/aromatic N) is 3. The van der Waals surface area contributed by atoms with Crippen molar-refractivity contribution in [1.82, 2.24) is 15.2 Å². The molecule has 132 valence electrons. The Labute approximate surface area is 146 Å². The summed E-state index contributed by atoms with van der Waals surface area (Å²) in [6, 6.07) is 6.29. The maximum atomic E-state index is 12.7. The number of hydrogen-bond donors (Lipinski definition) is 0. The first kappa shape index (κ1) is 16.1. The Balaban J connectivity index is 1.63. The third-order valence-corrected chi connectivity index (χ3v) is 4.87. The molecular formula is C19H23N3O3. The van der Waals surface area contributed by atoms with Crippen LogP contribution in [0.2, 0.25) is 0 Å². The van der Waals surface area contributed by atoms with Crippen molar-refractivity contribution >= 4 is 22.7 Å². The molecule has 0 spiro atoms. The van der Waals surface area contributed by atoms with Crippen molar-refractivity contribution in [2.75, 3.05) is 0 Å². The minimum absolute atomic E-state index is 0.100. The van der Waals surface area contributed by atoms with Crippen LogP contribution in [0.3, 0.4) is 0 Å². The minimum Gasteiger partial charge on any atom is -0.444 e. The Bertz CT molecular complexity index is 834. The summed E-state index contributed by atoms with van der Waals surface area (Å²) in [5.41, 5.74) is 3.44. The van der Waals surface area contributed by atoms with E-state index in [2.05, 4.69) is 22.5 Å². The second kappa shape index (κ2) is 5.86. The molecule has 2 bridgehead atoms. The molecule has 2 atom stereocenters. The molecule has 1 aromatic heterocycles. The zero-order valence-electron chi connectivity index (χ0n) is 14.9. The number of carbonyl (C=O) groups is 1. The number of rotatable bonds is 1. The summed E-state index contributed by atoms with van der Waals surface area (Å²) in [5, 5.41) is 7.79. The first-order valence-corrected chi connectivity index (χ1v) is 8.85. The second-order valence-corrected chi connectivity index (χ2v) is 7.90. The molecule has 4 rings (SSSR count). The lowest BCUT2D eigenvalue weighted by Crippen LogP contribution is -2.53. The average Bonchev–Trinajstić information content (AvgIpc) is 2.99. The van der Waals surface area contributed by atoms with E-state index in [-0.39, 0.29) is 18.2 Å². The van der Waals surface area contributed by atoms with Crippen LogP contribution in [0.15, 0.2) is 28.9 Å². The van der Waals surface area contributed by atoms with Crippen molar-refractivity contribution in [3.8, 4) is 0 Å². The SMILES string of the molecule is CC(C)(C)OC(=O)N1C2C=C(c3ccc4nonc4c3)CC1CCC2. The number of carbonyl (C=O) groups excluding carboxylic acids is 1. The Morgan fingerprint density at radius 2 is 2.04 bits per heavy atom. The zero-order valence-corrected chi connectivity index (χ0v) is 14.9. The molecule has 6 nitrogen and oxygen atoms in total. The molecule has 2 aromatic rings. The molecule has 2 unspecified atom stereocenters. The highest BCUT2D eigenvalue weighted by molar-refractivity contribution is 5.81. The van der Waals surface area contributed by atoms with Gasteiger partial charge >= 0.3 is 6.09 Å². The third kappa shape index (κ3) is 3.13. The Hall–Kier alpha value is -2.37. The monoisotopic (exact) mass is 341 g/mol. The van der Waals surface area contributed by atoms with Crippen LogP contribution >= 0.6 is 0 Å². The van der Waals surface area contributed by atoms with Crippen LogP contribution in [0.1, 0.15) is 52.0 Å². The molecule has 0 aliphatic carbocycles. The standard InChI is InChI=1S/C19H23N3O3/c1-19(2,3)24-18(23)22-14-5-4-6-15(22)10-13(9-14)12-7-8-16-17(11-12)21-25-20-16/h7-9,11,14-15H,4-6,10H2,1-3H3. The van der Waals surface area contributed by atoms with Gasteiger partial charge in [-0.1, -0.05) is 12.1 Å². The van der Waals surface area contributed by atoms with Gasteiger partial charge in [-0.05, 0) is 80.0 Å². The van der Waals surface area contributed by atoms with Gasteiger partial charge in [0.2, 0.25) is 0 Å². The molecule has 0 saturated carbocycles. The van der Waals surface area contributed by atoms with Gasteiger partial charge in [-0.15, -0.1) is 0 Å². The van der Waals surface area contributed by atoms with Gasteiger partial charge < -0.3 is 4.74 Å². The molecule has 1 fully saturated rings. The van der Waals surface area contributed by atoms with E-state index in [0.717, 1.165) is 42.3 Å². The van der Waals surface area contributed by atoms with Crippen molar-refractivity contribution < 1.29 is 14.2 Å².